The lowest BCUT2D eigenvalue weighted by molar-refractivity contribution is -0.124. The van der Waals surface area contributed by atoms with E-state index in [0.717, 1.165) is 59.6 Å². The number of ether oxygens (including phenoxy) is 1. The van der Waals surface area contributed by atoms with Crippen molar-refractivity contribution in [1.82, 2.24) is 29.7 Å². The molecule has 2 amide bonds. The lowest BCUT2D eigenvalue weighted by Crippen LogP contribution is -2.58. The summed E-state index contributed by atoms with van der Waals surface area (Å²) in [7, 11) is 1.87. The Balaban J connectivity index is 1.14. The first-order valence-electron chi connectivity index (χ1n) is 16.1. The Morgan fingerprint density at radius 2 is 1.85 bits per heavy atom. The Bertz CT molecular complexity index is 1710. The SMILES string of the molecule is CNc1cc(-n2ccc3cc(C#N)cnc32)ncc1N1CSC(C2(NC(=O)CN3CCN(C(=O)OC(C)(C)C)CC3)CCCCC2)=N1. The van der Waals surface area contributed by atoms with Gasteiger partial charge in [0.15, 0.2) is 0 Å². The van der Waals surface area contributed by atoms with Gasteiger partial charge in [-0.15, -0.1) is 0 Å². The summed E-state index contributed by atoms with van der Waals surface area (Å²) in [6.45, 7) is 8.18. The summed E-state index contributed by atoms with van der Waals surface area (Å²) in [5, 5.41) is 24.8. The third kappa shape index (κ3) is 7.16. The predicted molar refractivity (Wildman–Crippen MR) is 184 cm³/mol. The minimum absolute atomic E-state index is 0.0178. The molecule has 2 fully saturated rings. The van der Waals surface area contributed by atoms with Crippen LogP contribution < -0.4 is 15.6 Å². The van der Waals surface area contributed by atoms with E-state index in [1.165, 1.54) is 0 Å². The van der Waals surface area contributed by atoms with Crippen molar-refractivity contribution in [2.24, 2.45) is 5.10 Å². The molecule has 3 aromatic heterocycles. The quantitative estimate of drug-likeness (QED) is 0.372. The van der Waals surface area contributed by atoms with Crippen LogP contribution in [0, 0.1) is 11.3 Å². The molecule has 14 heteroatoms. The third-order valence-corrected chi connectivity index (χ3v) is 9.86. The van der Waals surface area contributed by atoms with Crippen LogP contribution in [0.15, 0.2) is 41.9 Å². The van der Waals surface area contributed by atoms with Crippen molar-refractivity contribution in [3.63, 3.8) is 0 Å². The molecule has 13 nitrogen and oxygen atoms in total. The van der Waals surface area contributed by atoms with Gasteiger partial charge in [-0.3, -0.25) is 19.3 Å². The molecule has 0 unspecified atom stereocenters. The number of amides is 2. The first kappa shape index (κ1) is 32.6. The summed E-state index contributed by atoms with van der Waals surface area (Å²) >= 11 is 1.67. The second kappa shape index (κ2) is 13.4. The molecule has 0 bridgehead atoms. The number of carbonyl (C=O) groups is 2. The largest absolute Gasteiger partial charge is 0.444 e. The standard InChI is InChI=1S/C33H42N10O3S/c1-32(2,3)46-31(45)41-14-12-40(13-15-41)21-28(44)38-33(9-6-5-7-10-33)30-39-43(22-47-30)26-20-36-27(17-25(26)35-4)42-11-8-24-16-23(18-34)19-37-29(24)42/h8,11,16-17,19-20H,5-7,9-10,12-15,21-22H2,1-4H3,(H,35,36)(H,38,44). The highest BCUT2D eigenvalue weighted by atomic mass is 32.2. The molecule has 0 spiro atoms. The number of nitrogens with zero attached hydrogens (tertiary/aromatic N) is 8. The average Bonchev–Trinajstić information content (AvgIpc) is 3.72. The summed E-state index contributed by atoms with van der Waals surface area (Å²) in [4.78, 5) is 39.0. The van der Waals surface area contributed by atoms with Gasteiger partial charge < -0.3 is 20.3 Å². The van der Waals surface area contributed by atoms with E-state index in [1.54, 1.807) is 22.9 Å². The van der Waals surface area contributed by atoms with Crippen LogP contribution in [0.4, 0.5) is 16.2 Å². The van der Waals surface area contributed by atoms with Gasteiger partial charge in [0.25, 0.3) is 0 Å². The highest BCUT2D eigenvalue weighted by molar-refractivity contribution is 8.14. The van der Waals surface area contributed by atoms with Crippen molar-refractivity contribution in [2.75, 3.05) is 56.0 Å². The molecule has 3 aromatic rings. The number of nitriles is 1. The van der Waals surface area contributed by atoms with Crippen LogP contribution >= 0.6 is 11.8 Å². The Morgan fingerprint density at radius 1 is 1.09 bits per heavy atom. The van der Waals surface area contributed by atoms with Gasteiger partial charge in [0.1, 0.15) is 33.9 Å². The third-order valence-electron chi connectivity index (χ3n) is 8.74. The van der Waals surface area contributed by atoms with E-state index in [2.05, 4.69) is 26.6 Å². The van der Waals surface area contributed by atoms with Crippen molar-refractivity contribution in [3.05, 3.63) is 42.4 Å². The number of thioether (sulfide) groups is 1. The minimum Gasteiger partial charge on any atom is -0.444 e. The molecule has 5 heterocycles. The van der Waals surface area contributed by atoms with Crippen molar-refractivity contribution < 1.29 is 14.3 Å². The second-order valence-corrected chi connectivity index (χ2v) is 14.2. The smallest absolute Gasteiger partial charge is 0.410 e. The van der Waals surface area contributed by atoms with Crippen LogP contribution in [-0.2, 0) is 9.53 Å². The number of carbonyl (C=O) groups excluding carboxylic acids is 2. The monoisotopic (exact) mass is 658 g/mol. The lowest BCUT2D eigenvalue weighted by Gasteiger charge is -2.39. The Labute approximate surface area is 279 Å². The van der Waals surface area contributed by atoms with Gasteiger partial charge in [0.2, 0.25) is 5.91 Å². The van der Waals surface area contributed by atoms with Gasteiger partial charge in [-0.2, -0.15) is 10.4 Å². The molecule has 1 aliphatic carbocycles. The van der Waals surface area contributed by atoms with Crippen LogP contribution in [0.25, 0.3) is 16.9 Å². The van der Waals surface area contributed by atoms with Gasteiger partial charge in [0.05, 0.1) is 35.4 Å². The number of nitrogens with one attached hydrogen (secondary N) is 2. The Morgan fingerprint density at radius 3 is 2.55 bits per heavy atom. The summed E-state index contributed by atoms with van der Waals surface area (Å²) in [6, 6.07) is 7.84. The Hall–Kier alpha value is -4.35. The molecule has 0 radical (unpaired) electrons. The molecule has 3 aliphatic rings. The van der Waals surface area contributed by atoms with Crippen molar-refractivity contribution >= 4 is 51.2 Å². The topological polar surface area (TPSA) is 144 Å². The first-order valence-corrected chi connectivity index (χ1v) is 17.1. The number of anilines is 2. The first-order chi connectivity index (χ1) is 22.6. The predicted octanol–water partition coefficient (Wildman–Crippen LogP) is 4.53. The summed E-state index contributed by atoms with van der Waals surface area (Å²) in [5.74, 6) is 1.29. The molecule has 6 rings (SSSR count). The van der Waals surface area contributed by atoms with E-state index < -0.39 is 11.1 Å². The van der Waals surface area contributed by atoms with E-state index in [4.69, 9.17) is 14.8 Å². The number of rotatable bonds is 7. The fraction of sp³-hybridized carbons (Fsp3) is 0.515. The summed E-state index contributed by atoms with van der Waals surface area (Å²) < 4.78 is 7.42. The molecular weight excluding hydrogens is 616 g/mol. The molecule has 1 saturated heterocycles. The molecular formula is C33H42N10O3S. The van der Waals surface area contributed by atoms with Crippen LogP contribution in [0.5, 0.6) is 0 Å². The highest BCUT2D eigenvalue weighted by Gasteiger charge is 2.42. The van der Waals surface area contributed by atoms with Crippen molar-refractivity contribution in [2.45, 2.75) is 64.0 Å². The molecule has 0 aromatic carbocycles. The molecule has 2 aliphatic heterocycles. The van der Waals surface area contributed by atoms with Crippen LogP contribution in [0.2, 0.25) is 0 Å². The van der Waals surface area contributed by atoms with Gasteiger partial charge in [-0.05, 0) is 45.7 Å². The van der Waals surface area contributed by atoms with Crippen LogP contribution in [-0.4, -0.2) is 98.2 Å². The van der Waals surface area contributed by atoms with Crippen LogP contribution in [0.1, 0.15) is 58.4 Å². The summed E-state index contributed by atoms with van der Waals surface area (Å²) in [5.41, 5.74) is 1.91. The van der Waals surface area contributed by atoms with E-state index in [0.29, 0.717) is 43.4 Å². The van der Waals surface area contributed by atoms with E-state index >= 15 is 0 Å². The second-order valence-electron chi connectivity index (χ2n) is 13.3. The zero-order valence-electron chi connectivity index (χ0n) is 27.5. The maximum atomic E-state index is 13.5. The molecule has 1 saturated carbocycles. The van der Waals surface area contributed by atoms with Crippen molar-refractivity contribution in [1.29, 1.82) is 5.26 Å². The van der Waals surface area contributed by atoms with Gasteiger partial charge in [-0.25, -0.2) is 14.8 Å². The number of aromatic nitrogens is 3. The number of hydrogen-bond acceptors (Lipinski definition) is 11. The average molecular weight is 659 g/mol. The van der Waals surface area contributed by atoms with E-state index in [9.17, 15) is 14.9 Å². The van der Waals surface area contributed by atoms with E-state index in [-0.39, 0.29) is 18.5 Å². The maximum Gasteiger partial charge on any atom is 0.410 e. The molecule has 2 N–H and O–H groups in total. The minimum atomic E-state index is -0.534. The normalized spacial score (nSPS) is 18.5. The molecule has 47 heavy (non-hydrogen) atoms. The fourth-order valence-corrected chi connectivity index (χ4v) is 7.49. The van der Waals surface area contributed by atoms with Gasteiger partial charge >= 0.3 is 6.09 Å². The van der Waals surface area contributed by atoms with E-state index in [1.807, 2.05) is 68.0 Å². The van der Waals surface area contributed by atoms with Crippen molar-refractivity contribution in [3.8, 4) is 11.9 Å². The zero-order chi connectivity index (χ0) is 33.2. The number of hydrogen-bond donors (Lipinski definition) is 2. The Kier molecular flexibility index (Phi) is 9.29. The highest BCUT2D eigenvalue weighted by Crippen LogP contribution is 2.39. The molecule has 0 atom stereocenters. The number of fused-ring (bicyclic) bond motifs is 1. The maximum absolute atomic E-state index is 13.5. The number of pyridine rings is 2. The van der Waals surface area contributed by atoms with Gasteiger partial charge in [-0.1, -0.05) is 31.0 Å². The summed E-state index contributed by atoms with van der Waals surface area (Å²) in [6.07, 6.45) is 9.87. The van der Waals surface area contributed by atoms with Gasteiger partial charge in [0, 0.05) is 57.1 Å². The zero-order valence-corrected chi connectivity index (χ0v) is 28.3. The lowest BCUT2D eigenvalue weighted by atomic mass is 9.82. The fourth-order valence-electron chi connectivity index (χ4n) is 6.36. The number of hydrazone groups is 1. The molecule has 248 valence electrons. The number of piperazine rings is 1. The van der Waals surface area contributed by atoms with Crippen LogP contribution in [0.3, 0.4) is 0 Å².